The minimum atomic E-state index is -0.359. The van der Waals surface area contributed by atoms with Gasteiger partial charge in [0.05, 0.1) is 42.5 Å². The summed E-state index contributed by atoms with van der Waals surface area (Å²) in [4.78, 5) is 16.0. The number of aryl methyl sites for hydroxylation is 2. The van der Waals surface area contributed by atoms with Gasteiger partial charge in [0.1, 0.15) is 11.6 Å². The van der Waals surface area contributed by atoms with E-state index in [1.165, 1.54) is 0 Å². The monoisotopic (exact) mass is 537 g/mol. The van der Waals surface area contributed by atoms with Crippen molar-refractivity contribution in [2.75, 3.05) is 12.4 Å². The third-order valence-electron chi connectivity index (χ3n) is 7.14. The molecule has 2 amide bonds. The lowest BCUT2D eigenvalue weighted by Gasteiger charge is -2.31. The lowest BCUT2D eigenvalue weighted by molar-refractivity contribution is 0.194. The number of aromatic nitrogens is 3. The molecule has 0 saturated heterocycles. The fraction of sp³-hybridized carbons (Fsp3) is 0.161. The van der Waals surface area contributed by atoms with Crippen LogP contribution in [-0.2, 0) is 6.54 Å². The highest BCUT2D eigenvalue weighted by Gasteiger charge is 2.36. The van der Waals surface area contributed by atoms with E-state index in [9.17, 15) is 4.79 Å². The molecule has 0 aliphatic carbocycles. The first-order valence-electron chi connectivity index (χ1n) is 12.7. The number of para-hydroxylation sites is 1. The molecule has 7 nitrogen and oxygen atoms in total. The third kappa shape index (κ3) is 4.45. The number of nitrogens with one attached hydrogen (secondary N) is 1. The van der Waals surface area contributed by atoms with E-state index in [1.54, 1.807) is 25.3 Å². The highest BCUT2D eigenvalue weighted by molar-refractivity contribution is 6.31. The topological polar surface area (TPSA) is 64.3 Å². The zero-order valence-corrected chi connectivity index (χ0v) is 22.7. The largest absolute Gasteiger partial charge is 0.495 e. The molecule has 2 aromatic heterocycles. The minimum Gasteiger partial charge on any atom is -0.495 e. The number of hydrogen-bond donors (Lipinski definition) is 1. The minimum absolute atomic E-state index is 0.270. The van der Waals surface area contributed by atoms with Crippen LogP contribution in [0.2, 0.25) is 5.02 Å². The molecule has 0 saturated carbocycles. The molecule has 1 aliphatic heterocycles. The Labute approximate surface area is 232 Å². The number of fused-ring (bicyclic) bond motifs is 3. The zero-order chi connectivity index (χ0) is 27.1. The first kappa shape index (κ1) is 24.8. The summed E-state index contributed by atoms with van der Waals surface area (Å²) < 4.78 is 9.61. The van der Waals surface area contributed by atoms with Crippen LogP contribution in [0.5, 0.6) is 5.75 Å². The quantitative estimate of drug-likeness (QED) is 0.266. The van der Waals surface area contributed by atoms with Crippen molar-refractivity contribution in [1.29, 1.82) is 0 Å². The number of benzene rings is 3. The van der Waals surface area contributed by atoms with E-state index in [-0.39, 0.29) is 12.1 Å². The Morgan fingerprint density at radius 3 is 2.51 bits per heavy atom. The lowest BCUT2D eigenvalue weighted by atomic mass is 10.0. The van der Waals surface area contributed by atoms with Crippen molar-refractivity contribution in [2.45, 2.75) is 26.4 Å². The maximum atomic E-state index is 14.2. The van der Waals surface area contributed by atoms with Crippen molar-refractivity contribution in [3.8, 4) is 17.3 Å². The summed E-state index contributed by atoms with van der Waals surface area (Å²) in [6, 6.07) is 27.0. The highest BCUT2D eigenvalue weighted by Crippen LogP contribution is 2.39. The molecular weight excluding hydrogens is 510 g/mol. The van der Waals surface area contributed by atoms with Gasteiger partial charge in [-0.15, -0.1) is 0 Å². The van der Waals surface area contributed by atoms with E-state index in [0.717, 1.165) is 39.6 Å². The number of hydrogen-bond acceptors (Lipinski definition) is 3. The zero-order valence-electron chi connectivity index (χ0n) is 21.9. The van der Waals surface area contributed by atoms with Gasteiger partial charge in [0.25, 0.3) is 0 Å². The van der Waals surface area contributed by atoms with Gasteiger partial charge >= 0.3 is 6.03 Å². The van der Waals surface area contributed by atoms with Gasteiger partial charge in [-0.05, 0) is 61.9 Å². The number of halogens is 1. The van der Waals surface area contributed by atoms with Crippen LogP contribution in [0, 0.1) is 13.8 Å². The lowest BCUT2D eigenvalue weighted by Crippen LogP contribution is -2.38. The summed E-state index contributed by atoms with van der Waals surface area (Å²) in [7, 11) is 1.57. The van der Waals surface area contributed by atoms with Gasteiger partial charge in [-0.1, -0.05) is 59.6 Å². The third-order valence-corrected chi connectivity index (χ3v) is 7.38. The molecule has 196 valence electrons. The Kier molecular flexibility index (Phi) is 6.37. The molecule has 1 aliphatic rings. The molecular formula is C31H28ClN5O2. The Morgan fingerprint density at radius 1 is 1.00 bits per heavy atom. The molecule has 1 N–H and O–H groups in total. The van der Waals surface area contributed by atoms with E-state index >= 15 is 0 Å². The van der Waals surface area contributed by atoms with Gasteiger partial charge in [-0.3, -0.25) is 0 Å². The van der Waals surface area contributed by atoms with Crippen molar-refractivity contribution < 1.29 is 9.53 Å². The Bertz CT molecular complexity index is 1660. The van der Waals surface area contributed by atoms with Crippen LogP contribution in [-0.4, -0.2) is 32.4 Å². The van der Waals surface area contributed by atoms with Crippen LogP contribution < -0.4 is 10.1 Å². The van der Waals surface area contributed by atoms with Gasteiger partial charge in [-0.2, -0.15) is 5.10 Å². The summed E-state index contributed by atoms with van der Waals surface area (Å²) in [5, 5.41) is 8.48. The molecule has 0 radical (unpaired) electrons. The molecule has 8 heteroatoms. The van der Waals surface area contributed by atoms with Crippen LogP contribution in [0.4, 0.5) is 10.5 Å². The van der Waals surface area contributed by atoms with Gasteiger partial charge in [-0.25, -0.2) is 9.48 Å². The predicted molar refractivity (Wildman–Crippen MR) is 153 cm³/mol. The van der Waals surface area contributed by atoms with Crippen LogP contribution in [0.3, 0.4) is 0 Å². The van der Waals surface area contributed by atoms with Crippen LogP contribution in [0.1, 0.15) is 34.1 Å². The number of rotatable bonds is 4. The maximum absolute atomic E-state index is 14.2. The number of carbonyl (C=O) groups is 1. The second kappa shape index (κ2) is 10.0. The second-order valence-corrected chi connectivity index (χ2v) is 10.1. The molecule has 6 rings (SSSR count). The maximum Gasteiger partial charge on any atom is 0.323 e. The molecule has 3 aromatic carbocycles. The van der Waals surface area contributed by atoms with Crippen molar-refractivity contribution in [2.24, 2.45) is 0 Å². The fourth-order valence-corrected chi connectivity index (χ4v) is 5.39. The number of carbonyl (C=O) groups excluding carboxylic acids is 1. The van der Waals surface area contributed by atoms with Crippen LogP contribution >= 0.6 is 11.6 Å². The smallest absolute Gasteiger partial charge is 0.323 e. The van der Waals surface area contributed by atoms with Crippen molar-refractivity contribution in [3.63, 3.8) is 0 Å². The summed E-state index contributed by atoms with van der Waals surface area (Å²) in [5.41, 5.74) is 6.42. The van der Waals surface area contributed by atoms with Crippen LogP contribution in [0.15, 0.2) is 91.1 Å². The van der Waals surface area contributed by atoms with Crippen LogP contribution in [0.25, 0.3) is 11.5 Å². The summed E-state index contributed by atoms with van der Waals surface area (Å²) >= 11 is 6.27. The number of anilines is 1. The summed E-state index contributed by atoms with van der Waals surface area (Å²) in [5.74, 6) is 1.46. The second-order valence-electron chi connectivity index (χ2n) is 9.65. The average Bonchev–Trinajstić information content (AvgIpc) is 3.50. The summed E-state index contributed by atoms with van der Waals surface area (Å²) in [6.45, 7) is 4.40. The number of urea groups is 1. The number of methoxy groups -OCH3 is 1. The van der Waals surface area contributed by atoms with Gasteiger partial charge < -0.3 is 19.5 Å². The fourth-order valence-electron chi connectivity index (χ4n) is 5.21. The molecule has 5 aromatic rings. The van der Waals surface area contributed by atoms with Crippen molar-refractivity contribution >= 4 is 23.3 Å². The molecule has 0 spiro atoms. The normalized spacial score (nSPS) is 14.4. The number of ether oxygens (including phenoxy) is 1. The van der Waals surface area contributed by atoms with Gasteiger partial charge in [0, 0.05) is 16.8 Å². The van der Waals surface area contributed by atoms with E-state index < -0.39 is 0 Å². The molecule has 39 heavy (non-hydrogen) atoms. The summed E-state index contributed by atoms with van der Waals surface area (Å²) in [6.07, 6.45) is 2.04. The SMILES string of the molecule is COc1ccc(Cl)cc1NC(=O)N1Cc2c(C)nn(-c3ccccc3)c2-n2cccc2[C@H]1c1ccc(C)cc1. The van der Waals surface area contributed by atoms with E-state index in [4.69, 9.17) is 21.4 Å². The first-order chi connectivity index (χ1) is 18.9. The molecule has 1 atom stereocenters. The van der Waals surface area contributed by atoms with Gasteiger partial charge in [0.15, 0.2) is 0 Å². The first-order valence-corrected chi connectivity index (χ1v) is 13.1. The van der Waals surface area contributed by atoms with Gasteiger partial charge in [0.2, 0.25) is 0 Å². The molecule has 0 fully saturated rings. The van der Waals surface area contributed by atoms with E-state index in [1.807, 2.05) is 59.1 Å². The Morgan fingerprint density at radius 2 is 1.77 bits per heavy atom. The Hall–Kier alpha value is -4.49. The standard InChI is InChI=1S/C31H28ClN5O2/c1-20-11-13-22(14-12-20)29-27-10-7-17-35(27)30-25(21(2)34-37(30)24-8-5-4-6-9-24)19-36(29)31(38)33-26-18-23(32)15-16-28(26)39-3/h4-18,29H,19H2,1-3H3,(H,33,38)/t29-/m1/s1. The molecule has 0 unspecified atom stereocenters. The predicted octanol–water partition coefficient (Wildman–Crippen LogP) is 7.08. The average molecular weight is 538 g/mol. The number of amides is 2. The van der Waals surface area contributed by atoms with Crippen molar-refractivity contribution in [3.05, 3.63) is 124 Å². The number of nitrogens with zero attached hydrogens (tertiary/aromatic N) is 4. The van der Waals surface area contributed by atoms with E-state index in [0.29, 0.717) is 23.0 Å². The molecule has 0 bridgehead atoms. The highest BCUT2D eigenvalue weighted by atomic mass is 35.5. The van der Waals surface area contributed by atoms with Crippen molar-refractivity contribution in [1.82, 2.24) is 19.2 Å². The molecule has 3 heterocycles. The Balaban J connectivity index is 1.53. The van der Waals surface area contributed by atoms with E-state index in [2.05, 4.69) is 47.1 Å².